The predicted molar refractivity (Wildman–Crippen MR) is 90.5 cm³/mol. The lowest BCUT2D eigenvalue weighted by atomic mass is 10.2. The molecule has 0 unspecified atom stereocenters. The smallest absolute Gasteiger partial charge is 0.435 e. The number of carbonyl (C=O) groups excluding carboxylic acids is 1. The molecule has 0 aliphatic rings. The van der Waals surface area contributed by atoms with Crippen LogP contribution in [0.3, 0.4) is 0 Å². The van der Waals surface area contributed by atoms with E-state index in [1.807, 2.05) is 0 Å². The van der Waals surface area contributed by atoms with Gasteiger partial charge < -0.3 is 10.1 Å². The summed E-state index contributed by atoms with van der Waals surface area (Å²) in [6.07, 6.45) is -5.05. The molecule has 0 saturated carbocycles. The van der Waals surface area contributed by atoms with Crippen LogP contribution in [0.1, 0.15) is 16.2 Å². The normalized spacial score (nSPS) is 11.4. The van der Waals surface area contributed by atoms with Crippen LogP contribution in [0.2, 0.25) is 0 Å². The molecule has 6 nitrogen and oxygen atoms in total. The van der Waals surface area contributed by atoms with Crippen molar-refractivity contribution in [3.05, 3.63) is 71.3 Å². The lowest BCUT2D eigenvalue weighted by Crippen LogP contribution is -2.30. The molecule has 1 N–H and O–H groups in total. The molecule has 0 spiro atoms. The van der Waals surface area contributed by atoms with E-state index in [-0.39, 0.29) is 23.6 Å². The van der Waals surface area contributed by atoms with E-state index in [0.29, 0.717) is 0 Å². The van der Waals surface area contributed by atoms with Gasteiger partial charge >= 0.3 is 6.18 Å². The number of benzene rings is 2. The highest BCUT2D eigenvalue weighted by atomic mass is 19.4. The fourth-order valence-electron chi connectivity index (χ4n) is 2.47. The Morgan fingerprint density at radius 1 is 1.03 bits per heavy atom. The molecule has 12 heteroatoms. The van der Waals surface area contributed by atoms with E-state index in [4.69, 9.17) is 4.74 Å². The number of nitrogens with zero attached hydrogens (tertiary/aromatic N) is 3. The number of ether oxygens (including phenoxy) is 1. The van der Waals surface area contributed by atoms with E-state index in [1.165, 1.54) is 12.1 Å². The molecule has 0 aliphatic carbocycles. The first-order valence-corrected chi connectivity index (χ1v) is 8.32. The van der Waals surface area contributed by atoms with Gasteiger partial charge in [-0.1, -0.05) is 17.3 Å². The van der Waals surface area contributed by atoms with Crippen molar-refractivity contribution in [2.75, 3.05) is 13.2 Å². The quantitative estimate of drug-likeness (QED) is 0.480. The van der Waals surface area contributed by atoms with E-state index in [0.717, 1.165) is 30.3 Å². The van der Waals surface area contributed by atoms with E-state index in [1.54, 1.807) is 0 Å². The second kappa shape index (κ2) is 8.43. The maximum atomic E-state index is 13.9. The van der Waals surface area contributed by atoms with Crippen molar-refractivity contribution in [1.82, 2.24) is 20.3 Å². The first kappa shape index (κ1) is 21.1. The molecule has 0 saturated heterocycles. The molecule has 1 heterocycles. The Balaban J connectivity index is 1.73. The lowest BCUT2D eigenvalue weighted by molar-refractivity contribution is -0.143. The number of nitrogens with one attached hydrogen (secondary N) is 1. The number of para-hydroxylation sites is 1. The number of carbonyl (C=O) groups is 1. The van der Waals surface area contributed by atoms with E-state index in [9.17, 15) is 31.1 Å². The van der Waals surface area contributed by atoms with E-state index in [2.05, 4.69) is 15.6 Å². The van der Waals surface area contributed by atoms with Crippen LogP contribution in [-0.4, -0.2) is 34.1 Å². The van der Waals surface area contributed by atoms with Crippen molar-refractivity contribution in [3.8, 4) is 11.4 Å². The molecule has 158 valence electrons. The van der Waals surface area contributed by atoms with Crippen molar-refractivity contribution < 1.29 is 35.9 Å². The average molecular weight is 430 g/mol. The van der Waals surface area contributed by atoms with Crippen LogP contribution in [0.5, 0.6) is 5.75 Å². The third-order valence-corrected chi connectivity index (χ3v) is 3.78. The Morgan fingerprint density at radius 3 is 2.43 bits per heavy atom. The first-order valence-electron chi connectivity index (χ1n) is 8.32. The molecule has 30 heavy (non-hydrogen) atoms. The highest BCUT2D eigenvalue weighted by molar-refractivity contribution is 5.93. The van der Waals surface area contributed by atoms with Gasteiger partial charge in [0.05, 0.1) is 6.54 Å². The van der Waals surface area contributed by atoms with Gasteiger partial charge in [-0.15, -0.1) is 5.10 Å². The van der Waals surface area contributed by atoms with Crippen LogP contribution in [-0.2, 0) is 6.18 Å². The third kappa shape index (κ3) is 4.53. The molecule has 3 aromatic rings. The van der Waals surface area contributed by atoms with Gasteiger partial charge in [0.1, 0.15) is 23.9 Å². The summed E-state index contributed by atoms with van der Waals surface area (Å²) in [6, 6.07) is 7.32. The number of hydrogen-bond acceptors (Lipinski definition) is 4. The highest BCUT2D eigenvalue weighted by Gasteiger charge is 2.42. The number of rotatable bonds is 6. The Bertz CT molecular complexity index is 1070. The topological polar surface area (TPSA) is 69.0 Å². The van der Waals surface area contributed by atoms with Crippen molar-refractivity contribution >= 4 is 5.91 Å². The zero-order valence-electron chi connectivity index (χ0n) is 14.9. The van der Waals surface area contributed by atoms with E-state index >= 15 is 0 Å². The average Bonchev–Trinajstić information content (AvgIpc) is 3.13. The van der Waals surface area contributed by atoms with Gasteiger partial charge in [0.25, 0.3) is 5.91 Å². The summed E-state index contributed by atoms with van der Waals surface area (Å²) in [5.41, 5.74) is -3.14. The summed E-state index contributed by atoms with van der Waals surface area (Å²) < 4.78 is 85.6. The highest BCUT2D eigenvalue weighted by Crippen LogP contribution is 2.33. The zero-order chi connectivity index (χ0) is 21.9. The molecule has 0 radical (unpaired) electrons. The van der Waals surface area contributed by atoms with Crippen molar-refractivity contribution in [2.24, 2.45) is 0 Å². The molecular weight excluding hydrogens is 418 g/mol. The largest absolute Gasteiger partial charge is 0.492 e. The molecule has 3 rings (SSSR count). The summed E-state index contributed by atoms with van der Waals surface area (Å²) in [7, 11) is 0. The van der Waals surface area contributed by atoms with Gasteiger partial charge in [0, 0.05) is 6.07 Å². The lowest BCUT2D eigenvalue weighted by Gasteiger charge is -2.12. The number of aromatic nitrogens is 3. The number of alkyl halides is 3. The summed E-state index contributed by atoms with van der Waals surface area (Å²) in [6.45, 7) is -0.526. The maximum absolute atomic E-state index is 13.9. The standard InChI is InChI=1S/C18H12F6N4O2/c19-11-6-5-10(9-13(11)21)30-8-7-25-17(29)15-16(18(22,23)24)28(27-26-15)14-4-2-1-3-12(14)20/h1-6,9H,7-8H2,(H,25,29). The summed E-state index contributed by atoms with van der Waals surface area (Å²) in [5, 5.41) is 8.65. The van der Waals surface area contributed by atoms with Crippen molar-refractivity contribution in [1.29, 1.82) is 0 Å². The number of halogens is 6. The van der Waals surface area contributed by atoms with Crippen LogP contribution >= 0.6 is 0 Å². The van der Waals surface area contributed by atoms with E-state index < -0.39 is 46.6 Å². The number of amides is 1. The van der Waals surface area contributed by atoms with Crippen LogP contribution in [0.15, 0.2) is 42.5 Å². The number of hydrogen-bond donors (Lipinski definition) is 1. The van der Waals surface area contributed by atoms with Gasteiger partial charge in [0.2, 0.25) is 0 Å². The van der Waals surface area contributed by atoms with Gasteiger partial charge in [-0.2, -0.15) is 13.2 Å². The van der Waals surface area contributed by atoms with Crippen LogP contribution in [0.25, 0.3) is 5.69 Å². The van der Waals surface area contributed by atoms with Crippen LogP contribution < -0.4 is 10.1 Å². The Labute approximate surface area is 165 Å². The molecule has 0 bridgehead atoms. The minimum absolute atomic E-state index is 0.0374. The summed E-state index contributed by atoms with van der Waals surface area (Å²) >= 11 is 0. The Morgan fingerprint density at radius 2 is 1.77 bits per heavy atom. The molecule has 0 fully saturated rings. The third-order valence-electron chi connectivity index (χ3n) is 3.78. The van der Waals surface area contributed by atoms with Gasteiger partial charge in [0.15, 0.2) is 23.0 Å². The fraction of sp³-hybridized carbons (Fsp3) is 0.167. The fourth-order valence-corrected chi connectivity index (χ4v) is 2.47. The zero-order valence-corrected chi connectivity index (χ0v) is 14.9. The van der Waals surface area contributed by atoms with Crippen molar-refractivity contribution in [3.63, 3.8) is 0 Å². The summed E-state index contributed by atoms with van der Waals surface area (Å²) in [4.78, 5) is 12.2. The molecule has 1 amide bonds. The minimum atomic E-state index is -5.05. The van der Waals surface area contributed by atoms with Crippen LogP contribution in [0.4, 0.5) is 26.3 Å². The minimum Gasteiger partial charge on any atom is -0.492 e. The van der Waals surface area contributed by atoms with Gasteiger partial charge in [-0.25, -0.2) is 17.9 Å². The van der Waals surface area contributed by atoms with Gasteiger partial charge in [-0.05, 0) is 24.3 Å². The second-order valence-corrected chi connectivity index (χ2v) is 5.83. The predicted octanol–water partition coefficient (Wildman–Crippen LogP) is 3.51. The second-order valence-electron chi connectivity index (χ2n) is 5.83. The summed E-state index contributed by atoms with van der Waals surface area (Å²) in [5.74, 6) is -4.47. The molecule has 0 atom stereocenters. The SMILES string of the molecule is O=C(NCCOc1ccc(F)c(F)c1)c1nnn(-c2ccccc2F)c1C(F)(F)F. The Kier molecular flexibility index (Phi) is 5.94. The molecular formula is C18H12F6N4O2. The van der Waals surface area contributed by atoms with Crippen molar-refractivity contribution in [2.45, 2.75) is 6.18 Å². The molecule has 1 aromatic heterocycles. The molecule has 2 aromatic carbocycles. The Hall–Kier alpha value is -3.57. The van der Waals surface area contributed by atoms with Gasteiger partial charge in [-0.3, -0.25) is 4.79 Å². The maximum Gasteiger partial charge on any atom is 0.435 e. The monoisotopic (exact) mass is 430 g/mol. The van der Waals surface area contributed by atoms with Crippen LogP contribution in [0, 0.1) is 17.5 Å². The first-order chi connectivity index (χ1) is 14.2. The molecule has 0 aliphatic heterocycles.